The van der Waals surface area contributed by atoms with Crippen molar-refractivity contribution < 1.29 is 0 Å². The van der Waals surface area contributed by atoms with E-state index in [4.69, 9.17) is 0 Å². The summed E-state index contributed by atoms with van der Waals surface area (Å²) in [4.78, 5) is 0. The summed E-state index contributed by atoms with van der Waals surface area (Å²) < 4.78 is 2.04. The predicted octanol–water partition coefficient (Wildman–Crippen LogP) is 1.48. The maximum atomic E-state index is 4.20. The van der Waals surface area contributed by atoms with Gasteiger partial charge in [-0.25, -0.2) is 4.68 Å². The van der Waals surface area contributed by atoms with Crippen LogP contribution in [0.4, 0.5) is 0 Å². The second-order valence-electron chi connectivity index (χ2n) is 4.08. The summed E-state index contributed by atoms with van der Waals surface area (Å²) in [5.74, 6) is 0. The molecule has 1 N–H and O–H groups in total. The highest BCUT2D eigenvalue weighted by molar-refractivity contribution is 5.58. The third kappa shape index (κ3) is 1.61. The zero-order valence-electron chi connectivity index (χ0n) is 9.00. The standard InChI is InChI=1S/C12H14N4/c1-2-4-10(5-3-1)12-9-14-15-16(12)11-6-7-13-8-11/h1-5,9,11,13H,6-8H2. The number of benzene rings is 1. The quantitative estimate of drug-likeness (QED) is 0.823. The first-order chi connectivity index (χ1) is 7.95. The molecule has 0 saturated carbocycles. The molecule has 1 aliphatic rings. The summed E-state index contributed by atoms with van der Waals surface area (Å²) in [6.07, 6.45) is 2.97. The summed E-state index contributed by atoms with van der Waals surface area (Å²) in [6, 6.07) is 10.7. The number of hydrogen-bond acceptors (Lipinski definition) is 3. The van der Waals surface area contributed by atoms with E-state index in [0.29, 0.717) is 6.04 Å². The highest BCUT2D eigenvalue weighted by Gasteiger charge is 2.20. The fraction of sp³-hybridized carbons (Fsp3) is 0.333. The summed E-state index contributed by atoms with van der Waals surface area (Å²) in [7, 11) is 0. The lowest BCUT2D eigenvalue weighted by atomic mass is 10.1. The molecular formula is C12H14N4. The van der Waals surface area contributed by atoms with Gasteiger partial charge in [0.1, 0.15) is 0 Å². The van der Waals surface area contributed by atoms with Crippen LogP contribution < -0.4 is 5.32 Å². The van der Waals surface area contributed by atoms with Crippen LogP contribution in [0.2, 0.25) is 0 Å². The van der Waals surface area contributed by atoms with Gasteiger partial charge in [0.15, 0.2) is 0 Å². The van der Waals surface area contributed by atoms with Crippen molar-refractivity contribution >= 4 is 0 Å². The van der Waals surface area contributed by atoms with Crippen LogP contribution in [-0.4, -0.2) is 28.1 Å². The first kappa shape index (κ1) is 9.54. The smallest absolute Gasteiger partial charge is 0.0889 e. The summed E-state index contributed by atoms with van der Waals surface area (Å²) in [5, 5.41) is 11.6. The Bertz CT molecular complexity index is 457. The lowest BCUT2D eigenvalue weighted by molar-refractivity contribution is 0.481. The van der Waals surface area contributed by atoms with Crippen LogP contribution in [0.5, 0.6) is 0 Å². The van der Waals surface area contributed by atoms with Crippen LogP contribution in [0.25, 0.3) is 11.3 Å². The molecule has 4 heteroatoms. The van der Waals surface area contributed by atoms with Crippen LogP contribution in [0.1, 0.15) is 12.5 Å². The van der Waals surface area contributed by atoms with E-state index in [2.05, 4.69) is 27.8 Å². The molecule has 1 aromatic heterocycles. The van der Waals surface area contributed by atoms with Crippen LogP contribution in [0, 0.1) is 0 Å². The molecule has 2 heterocycles. The van der Waals surface area contributed by atoms with Crippen molar-refractivity contribution in [1.82, 2.24) is 20.3 Å². The first-order valence-corrected chi connectivity index (χ1v) is 5.61. The maximum Gasteiger partial charge on any atom is 0.0889 e. The Labute approximate surface area is 94.3 Å². The van der Waals surface area contributed by atoms with Crippen molar-refractivity contribution in [3.05, 3.63) is 36.5 Å². The number of aromatic nitrogens is 3. The lowest BCUT2D eigenvalue weighted by Crippen LogP contribution is -2.15. The Morgan fingerprint density at radius 3 is 2.88 bits per heavy atom. The van der Waals surface area contributed by atoms with E-state index in [1.807, 2.05) is 29.1 Å². The Morgan fingerprint density at radius 1 is 1.25 bits per heavy atom. The monoisotopic (exact) mass is 214 g/mol. The zero-order chi connectivity index (χ0) is 10.8. The molecule has 0 amide bonds. The third-order valence-electron chi connectivity index (χ3n) is 3.02. The zero-order valence-corrected chi connectivity index (χ0v) is 9.00. The minimum atomic E-state index is 0.442. The van der Waals surface area contributed by atoms with Gasteiger partial charge in [-0.1, -0.05) is 35.5 Å². The number of rotatable bonds is 2. The van der Waals surface area contributed by atoms with Gasteiger partial charge in [-0.15, -0.1) is 5.10 Å². The molecule has 1 aliphatic heterocycles. The first-order valence-electron chi connectivity index (χ1n) is 5.61. The van der Waals surface area contributed by atoms with Crippen LogP contribution in [0.15, 0.2) is 36.5 Å². The fourth-order valence-corrected chi connectivity index (χ4v) is 2.18. The molecule has 1 fully saturated rings. The van der Waals surface area contributed by atoms with Gasteiger partial charge in [0, 0.05) is 12.1 Å². The Hall–Kier alpha value is -1.68. The van der Waals surface area contributed by atoms with Crippen molar-refractivity contribution in [3.8, 4) is 11.3 Å². The Morgan fingerprint density at radius 2 is 2.12 bits per heavy atom. The molecule has 1 atom stereocenters. The van der Waals surface area contributed by atoms with Gasteiger partial charge < -0.3 is 5.32 Å². The summed E-state index contributed by atoms with van der Waals surface area (Å²) >= 11 is 0. The lowest BCUT2D eigenvalue weighted by Gasteiger charge is -2.11. The third-order valence-corrected chi connectivity index (χ3v) is 3.02. The average molecular weight is 214 g/mol. The van der Waals surface area contributed by atoms with Gasteiger partial charge in [0.25, 0.3) is 0 Å². The minimum absolute atomic E-state index is 0.442. The van der Waals surface area contributed by atoms with Crippen molar-refractivity contribution in [2.75, 3.05) is 13.1 Å². The van der Waals surface area contributed by atoms with E-state index in [-0.39, 0.29) is 0 Å². The molecule has 1 saturated heterocycles. The van der Waals surface area contributed by atoms with Gasteiger partial charge in [-0.05, 0) is 13.0 Å². The summed E-state index contributed by atoms with van der Waals surface area (Å²) in [5.41, 5.74) is 2.29. The van der Waals surface area contributed by atoms with Crippen molar-refractivity contribution in [2.45, 2.75) is 12.5 Å². The van der Waals surface area contributed by atoms with E-state index >= 15 is 0 Å². The SMILES string of the molecule is c1ccc(-c2cnnn2C2CCNC2)cc1. The Balaban J connectivity index is 1.99. The predicted molar refractivity (Wildman–Crippen MR) is 62.0 cm³/mol. The second kappa shape index (κ2) is 4.06. The van der Waals surface area contributed by atoms with E-state index in [0.717, 1.165) is 25.2 Å². The second-order valence-corrected chi connectivity index (χ2v) is 4.08. The van der Waals surface area contributed by atoms with Gasteiger partial charge in [-0.3, -0.25) is 0 Å². The normalized spacial score (nSPS) is 20.1. The van der Waals surface area contributed by atoms with Crippen LogP contribution >= 0.6 is 0 Å². The molecule has 0 bridgehead atoms. The molecule has 16 heavy (non-hydrogen) atoms. The summed E-state index contributed by atoms with van der Waals surface area (Å²) in [6.45, 7) is 2.06. The van der Waals surface area contributed by atoms with Crippen molar-refractivity contribution in [3.63, 3.8) is 0 Å². The van der Waals surface area contributed by atoms with Crippen molar-refractivity contribution in [1.29, 1.82) is 0 Å². The minimum Gasteiger partial charge on any atom is -0.315 e. The van der Waals surface area contributed by atoms with E-state index in [1.165, 1.54) is 5.56 Å². The maximum absolute atomic E-state index is 4.20. The molecule has 4 nitrogen and oxygen atoms in total. The van der Waals surface area contributed by atoms with Gasteiger partial charge in [-0.2, -0.15) is 0 Å². The van der Waals surface area contributed by atoms with Gasteiger partial charge in [0.05, 0.1) is 17.9 Å². The topological polar surface area (TPSA) is 42.7 Å². The number of nitrogens with zero attached hydrogens (tertiary/aromatic N) is 3. The molecule has 0 aliphatic carbocycles. The average Bonchev–Trinajstić information content (AvgIpc) is 3.01. The fourth-order valence-electron chi connectivity index (χ4n) is 2.18. The molecule has 3 rings (SSSR count). The van der Waals surface area contributed by atoms with Crippen LogP contribution in [-0.2, 0) is 0 Å². The van der Waals surface area contributed by atoms with Crippen molar-refractivity contribution in [2.24, 2.45) is 0 Å². The van der Waals surface area contributed by atoms with Crippen LogP contribution in [0.3, 0.4) is 0 Å². The number of nitrogens with one attached hydrogen (secondary N) is 1. The van der Waals surface area contributed by atoms with E-state index in [1.54, 1.807) is 0 Å². The van der Waals surface area contributed by atoms with E-state index < -0.39 is 0 Å². The molecule has 2 aromatic rings. The molecule has 1 aromatic carbocycles. The highest BCUT2D eigenvalue weighted by Crippen LogP contribution is 2.23. The van der Waals surface area contributed by atoms with Gasteiger partial charge >= 0.3 is 0 Å². The van der Waals surface area contributed by atoms with Gasteiger partial charge in [0.2, 0.25) is 0 Å². The largest absolute Gasteiger partial charge is 0.315 e. The highest BCUT2D eigenvalue weighted by atomic mass is 15.4. The number of hydrogen-bond donors (Lipinski definition) is 1. The molecule has 82 valence electrons. The molecular weight excluding hydrogens is 200 g/mol. The Kier molecular flexibility index (Phi) is 2.42. The molecule has 0 radical (unpaired) electrons. The molecule has 0 spiro atoms. The molecule has 1 unspecified atom stereocenters. The van der Waals surface area contributed by atoms with E-state index in [9.17, 15) is 0 Å².